The Kier molecular flexibility index (Phi) is 5.03. The van der Waals surface area contributed by atoms with Crippen LogP contribution in [0, 0.1) is 5.92 Å². The number of benzene rings is 1. The van der Waals surface area contributed by atoms with E-state index in [2.05, 4.69) is 13.8 Å². The van der Waals surface area contributed by atoms with Gasteiger partial charge < -0.3 is 5.11 Å². The summed E-state index contributed by atoms with van der Waals surface area (Å²) in [5.41, 5.74) is 1.60. The van der Waals surface area contributed by atoms with Crippen LogP contribution in [0.1, 0.15) is 49.0 Å². The first-order valence-electron chi connectivity index (χ1n) is 5.95. The lowest BCUT2D eigenvalue weighted by atomic mass is 9.99. The smallest absolute Gasteiger partial charge is 0.335 e. The van der Waals surface area contributed by atoms with E-state index < -0.39 is 5.97 Å². The predicted molar refractivity (Wildman–Crippen MR) is 65.8 cm³/mol. The molecule has 0 spiro atoms. The van der Waals surface area contributed by atoms with Crippen LogP contribution in [0.5, 0.6) is 0 Å². The fourth-order valence-electron chi connectivity index (χ4n) is 1.67. The maximum Gasteiger partial charge on any atom is 0.335 e. The summed E-state index contributed by atoms with van der Waals surface area (Å²) in [4.78, 5) is 10.7. The molecule has 0 fully saturated rings. The molecular formula is C14H20O2. The summed E-state index contributed by atoms with van der Waals surface area (Å²) in [5, 5.41) is 8.76. The Balaban J connectivity index is 2.40. The van der Waals surface area contributed by atoms with Crippen molar-refractivity contribution >= 4 is 5.97 Å². The Morgan fingerprint density at radius 3 is 2.44 bits per heavy atom. The van der Waals surface area contributed by atoms with E-state index in [0.29, 0.717) is 5.56 Å². The molecule has 1 unspecified atom stereocenters. The number of aromatic carboxylic acids is 1. The van der Waals surface area contributed by atoms with Gasteiger partial charge in [-0.1, -0.05) is 38.8 Å². The van der Waals surface area contributed by atoms with E-state index in [-0.39, 0.29) is 0 Å². The van der Waals surface area contributed by atoms with Crippen molar-refractivity contribution < 1.29 is 9.90 Å². The van der Waals surface area contributed by atoms with E-state index in [1.54, 1.807) is 12.1 Å². The summed E-state index contributed by atoms with van der Waals surface area (Å²) in [7, 11) is 0. The zero-order chi connectivity index (χ0) is 12.0. The van der Waals surface area contributed by atoms with Crippen LogP contribution in [0.4, 0.5) is 0 Å². The van der Waals surface area contributed by atoms with Crippen molar-refractivity contribution in [2.45, 2.75) is 39.5 Å². The second-order valence-corrected chi connectivity index (χ2v) is 4.41. The van der Waals surface area contributed by atoms with Crippen LogP contribution in [-0.2, 0) is 6.42 Å². The Hall–Kier alpha value is -1.31. The monoisotopic (exact) mass is 220 g/mol. The number of hydrogen-bond acceptors (Lipinski definition) is 1. The highest BCUT2D eigenvalue weighted by Gasteiger charge is 2.02. The summed E-state index contributed by atoms with van der Waals surface area (Å²) in [5.74, 6) is -0.0653. The Morgan fingerprint density at radius 2 is 1.94 bits per heavy atom. The van der Waals surface area contributed by atoms with Gasteiger partial charge in [-0.05, 0) is 36.5 Å². The van der Waals surface area contributed by atoms with Gasteiger partial charge in [-0.15, -0.1) is 0 Å². The van der Waals surface area contributed by atoms with Crippen molar-refractivity contribution in [3.05, 3.63) is 35.4 Å². The SMILES string of the molecule is CCC(C)CCCc1ccc(C(=O)O)cc1. The number of aryl methyl sites for hydroxylation is 1. The van der Waals surface area contributed by atoms with Crippen LogP contribution in [0.3, 0.4) is 0 Å². The molecule has 1 N–H and O–H groups in total. The minimum absolute atomic E-state index is 0.366. The van der Waals surface area contributed by atoms with Crippen molar-refractivity contribution in [2.75, 3.05) is 0 Å². The molecule has 0 heterocycles. The first kappa shape index (κ1) is 12.8. The van der Waals surface area contributed by atoms with E-state index in [1.807, 2.05) is 12.1 Å². The van der Waals surface area contributed by atoms with Crippen molar-refractivity contribution in [3.8, 4) is 0 Å². The molecule has 1 rings (SSSR count). The second-order valence-electron chi connectivity index (χ2n) is 4.41. The zero-order valence-electron chi connectivity index (χ0n) is 10.1. The average Bonchev–Trinajstić information content (AvgIpc) is 2.29. The Labute approximate surface area is 97.3 Å². The number of carboxylic acid groups (broad SMARTS) is 1. The molecule has 0 aliphatic rings. The van der Waals surface area contributed by atoms with Gasteiger partial charge in [0.15, 0.2) is 0 Å². The van der Waals surface area contributed by atoms with Gasteiger partial charge in [0, 0.05) is 0 Å². The molecule has 1 atom stereocenters. The van der Waals surface area contributed by atoms with Crippen molar-refractivity contribution in [1.29, 1.82) is 0 Å². The highest BCUT2D eigenvalue weighted by atomic mass is 16.4. The fraction of sp³-hybridized carbons (Fsp3) is 0.500. The summed E-state index contributed by atoms with van der Waals surface area (Å²) in [6.45, 7) is 4.49. The Morgan fingerprint density at radius 1 is 1.31 bits per heavy atom. The molecule has 1 aromatic carbocycles. The standard InChI is InChI=1S/C14H20O2/c1-3-11(2)5-4-6-12-7-9-13(10-8-12)14(15)16/h7-11H,3-6H2,1-2H3,(H,15,16). The molecule has 0 aliphatic carbocycles. The molecule has 0 aliphatic heterocycles. The number of hydrogen-bond donors (Lipinski definition) is 1. The average molecular weight is 220 g/mol. The summed E-state index contributed by atoms with van der Waals surface area (Å²) < 4.78 is 0. The number of carboxylic acids is 1. The van der Waals surface area contributed by atoms with Crippen molar-refractivity contribution in [1.82, 2.24) is 0 Å². The number of carbonyl (C=O) groups is 1. The van der Waals surface area contributed by atoms with Gasteiger partial charge in [0.05, 0.1) is 5.56 Å². The molecule has 0 saturated carbocycles. The minimum atomic E-state index is -0.855. The van der Waals surface area contributed by atoms with E-state index in [0.717, 1.165) is 12.3 Å². The van der Waals surface area contributed by atoms with Gasteiger partial charge in [0.25, 0.3) is 0 Å². The minimum Gasteiger partial charge on any atom is -0.478 e. The van der Waals surface area contributed by atoms with Crippen molar-refractivity contribution in [2.24, 2.45) is 5.92 Å². The van der Waals surface area contributed by atoms with Crippen LogP contribution in [0.25, 0.3) is 0 Å². The first-order chi connectivity index (χ1) is 7.63. The van der Waals surface area contributed by atoms with E-state index in [1.165, 1.54) is 24.8 Å². The summed E-state index contributed by atoms with van der Waals surface area (Å²) >= 11 is 0. The third-order valence-electron chi connectivity index (χ3n) is 3.06. The lowest BCUT2D eigenvalue weighted by molar-refractivity contribution is 0.0697. The lowest BCUT2D eigenvalue weighted by Gasteiger charge is -2.07. The second kappa shape index (κ2) is 6.31. The molecular weight excluding hydrogens is 200 g/mol. The predicted octanol–water partition coefficient (Wildman–Crippen LogP) is 3.75. The molecule has 88 valence electrons. The molecule has 2 heteroatoms. The third kappa shape index (κ3) is 4.05. The Bertz CT molecular complexity index is 327. The highest BCUT2D eigenvalue weighted by molar-refractivity contribution is 5.87. The normalized spacial score (nSPS) is 12.4. The largest absolute Gasteiger partial charge is 0.478 e. The van der Waals surface area contributed by atoms with E-state index >= 15 is 0 Å². The summed E-state index contributed by atoms with van der Waals surface area (Å²) in [6, 6.07) is 7.20. The quantitative estimate of drug-likeness (QED) is 0.792. The van der Waals surface area contributed by atoms with Crippen LogP contribution in [0.15, 0.2) is 24.3 Å². The van der Waals surface area contributed by atoms with Gasteiger partial charge in [-0.2, -0.15) is 0 Å². The molecule has 0 radical (unpaired) electrons. The van der Waals surface area contributed by atoms with Crippen LogP contribution in [-0.4, -0.2) is 11.1 Å². The maximum absolute atomic E-state index is 10.7. The van der Waals surface area contributed by atoms with Gasteiger partial charge in [-0.25, -0.2) is 4.79 Å². The van der Waals surface area contributed by atoms with Crippen LogP contribution >= 0.6 is 0 Å². The lowest BCUT2D eigenvalue weighted by Crippen LogP contribution is -1.97. The van der Waals surface area contributed by atoms with Crippen molar-refractivity contribution in [3.63, 3.8) is 0 Å². The molecule has 0 aromatic heterocycles. The topological polar surface area (TPSA) is 37.3 Å². The zero-order valence-corrected chi connectivity index (χ0v) is 10.1. The van der Waals surface area contributed by atoms with Gasteiger partial charge in [0.2, 0.25) is 0 Å². The molecule has 0 bridgehead atoms. The number of rotatable bonds is 6. The molecule has 1 aromatic rings. The maximum atomic E-state index is 10.7. The van der Waals surface area contributed by atoms with Gasteiger partial charge >= 0.3 is 5.97 Å². The van der Waals surface area contributed by atoms with Gasteiger partial charge in [-0.3, -0.25) is 0 Å². The fourth-order valence-corrected chi connectivity index (χ4v) is 1.67. The molecule has 0 amide bonds. The molecule has 16 heavy (non-hydrogen) atoms. The van der Waals surface area contributed by atoms with Crippen LogP contribution in [0.2, 0.25) is 0 Å². The van der Waals surface area contributed by atoms with Gasteiger partial charge in [0.1, 0.15) is 0 Å². The summed E-state index contributed by atoms with van der Waals surface area (Å²) in [6.07, 6.45) is 4.71. The molecule has 2 nitrogen and oxygen atoms in total. The highest BCUT2D eigenvalue weighted by Crippen LogP contribution is 2.13. The molecule has 0 saturated heterocycles. The van der Waals surface area contributed by atoms with Crippen LogP contribution < -0.4 is 0 Å². The first-order valence-corrected chi connectivity index (χ1v) is 5.95. The van der Waals surface area contributed by atoms with E-state index in [4.69, 9.17) is 5.11 Å². The third-order valence-corrected chi connectivity index (χ3v) is 3.06. The van der Waals surface area contributed by atoms with E-state index in [9.17, 15) is 4.79 Å².